The van der Waals surface area contributed by atoms with Crippen molar-refractivity contribution in [2.75, 3.05) is 10.6 Å². The number of benzene rings is 2. The number of amides is 2. The summed E-state index contributed by atoms with van der Waals surface area (Å²) in [7, 11) is 0. The first-order valence-corrected chi connectivity index (χ1v) is 7.84. The fraction of sp³-hybridized carbons (Fsp3) is 0.176. The van der Waals surface area contributed by atoms with Gasteiger partial charge < -0.3 is 10.6 Å². The van der Waals surface area contributed by atoms with E-state index in [2.05, 4.69) is 10.6 Å². The first-order chi connectivity index (χ1) is 12.2. The molecule has 2 aromatic rings. The summed E-state index contributed by atoms with van der Waals surface area (Å²) < 4.78 is 53.0. The number of carbonyl (C=O) groups excluding carboxylic acids is 2. The molecule has 0 saturated heterocycles. The lowest BCUT2D eigenvalue weighted by Crippen LogP contribution is -2.36. The molecular formula is C17H11ClF4N2O2. The predicted octanol–water partition coefficient (Wildman–Crippen LogP) is 4.25. The summed E-state index contributed by atoms with van der Waals surface area (Å²) in [6.07, 6.45) is 0.371. The molecule has 1 saturated carbocycles. The van der Waals surface area contributed by atoms with Gasteiger partial charge in [-0.1, -0.05) is 11.6 Å². The second-order valence-electron chi connectivity index (χ2n) is 5.84. The fourth-order valence-electron chi connectivity index (χ4n) is 2.37. The summed E-state index contributed by atoms with van der Waals surface area (Å²) in [4.78, 5) is 24.8. The van der Waals surface area contributed by atoms with E-state index in [9.17, 15) is 27.2 Å². The molecule has 0 aliphatic heterocycles. The summed E-state index contributed by atoms with van der Waals surface area (Å²) in [5, 5.41) is 4.33. The Morgan fingerprint density at radius 3 is 2.12 bits per heavy atom. The Bertz CT molecular complexity index is 916. The maximum Gasteiger partial charge on any atom is 0.240 e. The van der Waals surface area contributed by atoms with Crippen molar-refractivity contribution < 1.29 is 27.2 Å². The van der Waals surface area contributed by atoms with Gasteiger partial charge in [0.05, 0.1) is 10.7 Å². The molecule has 0 spiro atoms. The predicted molar refractivity (Wildman–Crippen MR) is 86.7 cm³/mol. The van der Waals surface area contributed by atoms with Crippen LogP contribution in [0, 0.1) is 28.7 Å². The maximum absolute atomic E-state index is 13.7. The van der Waals surface area contributed by atoms with Crippen molar-refractivity contribution in [3.8, 4) is 0 Å². The van der Waals surface area contributed by atoms with Crippen LogP contribution >= 0.6 is 11.6 Å². The third kappa shape index (κ3) is 3.24. The second-order valence-corrected chi connectivity index (χ2v) is 6.25. The zero-order chi connectivity index (χ0) is 19.1. The van der Waals surface area contributed by atoms with E-state index in [1.54, 1.807) is 0 Å². The van der Waals surface area contributed by atoms with Crippen molar-refractivity contribution in [2.45, 2.75) is 12.8 Å². The minimum atomic E-state index is -1.72. The Kier molecular flexibility index (Phi) is 4.62. The highest BCUT2D eigenvalue weighted by atomic mass is 35.5. The quantitative estimate of drug-likeness (QED) is 0.469. The van der Waals surface area contributed by atoms with Gasteiger partial charge in [-0.2, -0.15) is 0 Å². The standard InChI is InChI=1S/C17H11ClF4N2O2/c18-9-7-8(1-2-10(9)19)23-15(25)17(5-6-17)16(26)24-12-4-3-11(20)13(21)14(12)22/h1-4,7H,5-6H2,(H,23,25)(H,24,26). The number of hydrogen-bond donors (Lipinski definition) is 2. The van der Waals surface area contributed by atoms with E-state index in [0.29, 0.717) is 6.07 Å². The number of nitrogens with one attached hydrogen (secondary N) is 2. The molecule has 2 aromatic carbocycles. The first-order valence-electron chi connectivity index (χ1n) is 7.46. The molecule has 2 N–H and O–H groups in total. The van der Waals surface area contributed by atoms with E-state index in [4.69, 9.17) is 11.6 Å². The number of carbonyl (C=O) groups is 2. The Balaban J connectivity index is 1.75. The zero-order valence-electron chi connectivity index (χ0n) is 13.0. The van der Waals surface area contributed by atoms with Crippen LogP contribution in [-0.2, 0) is 9.59 Å². The van der Waals surface area contributed by atoms with Crippen molar-refractivity contribution in [2.24, 2.45) is 5.41 Å². The molecule has 0 bridgehead atoms. The molecule has 4 nitrogen and oxygen atoms in total. The average Bonchev–Trinajstić information content (AvgIpc) is 3.40. The van der Waals surface area contributed by atoms with Crippen LogP contribution in [0.1, 0.15) is 12.8 Å². The van der Waals surface area contributed by atoms with Crippen LogP contribution in [-0.4, -0.2) is 11.8 Å². The molecule has 1 aliphatic rings. The number of rotatable bonds is 4. The van der Waals surface area contributed by atoms with Crippen LogP contribution in [0.4, 0.5) is 28.9 Å². The Morgan fingerprint density at radius 1 is 0.885 bits per heavy atom. The van der Waals surface area contributed by atoms with Crippen molar-refractivity contribution in [3.05, 3.63) is 58.6 Å². The van der Waals surface area contributed by atoms with Crippen LogP contribution in [0.15, 0.2) is 30.3 Å². The third-order valence-electron chi connectivity index (χ3n) is 4.08. The van der Waals surface area contributed by atoms with Crippen LogP contribution < -0.4 is 10.6 Å². The van der Waals surface area contributed by atoms with Gasteiger partial charge in [-0.25, -0.2) is 17.6 Å². The van der Waals surface area contributed by atoms with Gasteiger partial charge in [0, 0.05) is 5.69 Å². The lowest BCUT2D eigenvalue weighted by atomic mass is 10.0. The van der Waals surface area contributed by atoms with Gasteiger partial charge in [-0.05, 0) is 43.2 Å². The topological polar surface area (TPSA) is 58.2 Å². The van der Waals surface area contributed by atoms with E-state index in [-0.39, 0.29) is 23.6 Å². The van der Waals surface area contributed by atoms with Gasteiger partial charge in [0.15, 0.2) is 17.5 Å². The third-order valence-corrected chi connectivity index (χ3v) is 4.37. The fourth-order valence-corrected chi connectivity index (χ4v) is 2.55. The average molecular weight is 387 g/mol. The minimum Gasteiger partial charge on any atom is -0.325 e. The summed E-state index contributed by atoms with van der Waals surface area (Å²) in [6.45, 7) is 0. The van der Waals surface area contributed by atoms with Crippen molar-refractivity contribution in [1.29, 1.82) is 0 Å². The van der Waals surface area contributed by atoms with Crippen LogP contribution in [0.5, 0.6) is 0 Å². The SMILES string of the molecule is O=C(Nc1ccc(F)c(Cl)c1)C1(C(=O)Nc2ccc(F)c(F)c2F)CC1. The van der Waals surface area contributed by atoms with E-state index < -0.39 is 46.2 Å². The Morgan fingerprint density at radius 2 is 1.50 bits per heavy atom. The molecule has 0 radical (unpaired) electrons. The van der Waals surface area contributed by atoms with Crippen LogP contribution in [0.3, 0.4) is 0 Å². The summed E-state index contributed by atoms with van der Waals surface area (Å²) in [5.41, 5.74) is -1.87. The maximum atomic E-state index is 13.7. The molecule has 0 heterocycles. The van der Waals surface area contributed by atoms with Gasteiger partial charge >= 0.3 is 0 Å². The molecule has 136 valence electrons. The molecule has 2 amide bonds. The molecular weight excluding hydrogens is 376 g/mol. The molecule has 1 aliphatic carbocycles. The van der Waals surface area contributed by atoms with Gasteiger partial charge in [0.25, 0.3) is 0 Å². The summed E-state index contributed by atoms with van der Waals surface area (Å²) >= 11 is 5.63. The van der Waals surface area contributed by atoms with E-state index in [1.165, 1.54) is 12.1 Å². The van der Waals surface area contributed by atoms with Gasteiger partial charge in [0.2, 0.25) is 11.8 Å². The molecule has 0 aromatic heterocycles. The lowest BCUT2D eigenvalue weighted by molar-refractivity contribution is -0.131. The second kappa shape index (κ2) is 6.60. The Hall–Kier alpha value is -2.61. The van der Waals surface area contributed by atoms with Gasteiger partial charge in [-0.15, -0.1) is 0 Å². The zero-order valence-corrected chi connectivity index (χ0v) is 13.8. The van der Waals surface area contributed by atoms with Crippen LogP contribution in [0.2, 0.25) is 5.02 Å². The van der Waals surface area contributed by atoms with Crippen molar-refractivity contribution >= 4 is 34.8 Å². The number of hydrogen-bond acceptors (Lipinski definition) is 2. The molecule has 1 fully saturated rings. The smallest absolute Gasteiger partial charge is 0.240 e. The van der Waals surface area contributed by atoms with Crippen LogP contribution in [0.25, 0.3) is 0 Å². The largest absolute Gasteiger partial charge is 0.325 e. The summed E-state index contributed by atoms with van der Waals surface area (Å²) in [6, 6.07) is 5.02. The normalized spacial score (nSPS) is 14.7. The van der Waals surface area contributed by atoms with Gasteiger partial charge in [0.1, 0.15) is 11.2 Å². The molecule has 0 atom stereocenters. The van der Waals surface area contributed by atoms with E-state index in [1.807, 2.05) is 0 Å². The van der Waals surface area contributed by atoms with Crippen molar-refractivity contribution in [1.82, 2.24) is 0 Å². The minimum absolute atomic E-state index is 0.180. The molecule has 3 rings (SSSR count). The molecule has 26 heavy (non-hydrogen) atoms. The molecule has 9 heteroatoms. The molecule has 0 unspecified atom stereocenters. The number of halogens is 5. The van der Waals surface area contributed by atoms with Crippen molar-refractivity contribution in [3.63, 3.8) is 0 Å². The van der Waals surface area contributed by atoms with Gasteiger partial charge in [-0.3, -0.25) is 9.59 Å². The monoisotopic (exact) mass is 386 g/mol. The highest BCUT2D eigenvalue weighted by Crippen LogP contribution is 2.47. The van der Waals surface area contributed by atoms with E-state index >= 15 is 0 Å². The van der Waals surface area contributed by atoms with E-state index in [0.717, 1.165) is 12.1 Å². The Labute approximate surface area is 150 Å². The first kappa shape index (κ1) is 18.2. The highest BCUT2D eigenvalue weighted by molar-refractivity contribution is 6.31. The highest BCUT2D eigenvalue weighted by Gasteiger charge is 2.56. The number of anilines is 2. The summed E-state index contributed by atoms with van der Waals surface area (Å²) in [5.74, 6) is -6.89. The lowest BCUT2D eigenvalue weighted by Gasteiger charge is -2.16.